The monoisotopic (exact) mass is 559 g/mol. The minimum Gasteiger partial charge on any atom is -0.396 e. The first-order chi connectivity index (χ1) is 19.9. The number of nitrogens with zero attached hydrogens (tertiary/aromatic N) is 3. The first-order valence-corrected chi connectivity index (χ1v) is 14.8. The zero-order chi connectivity index (χ0) is 29.1. The number of unbranched alkanes of at least 4 members (excludes halogenated alkanes) is 1. The van der Waals surface area contributed by atoms with Gasteiger partial charge in [0.15, 0.2) is 0 Å². The van der Waals surface area contributed by atoms with Gasteiger partial charge in [-0.05, 0) is 55.0 Å². The summed E-state index contributed by atoms with van der Waals surface area (Å²) in [7, 11) is 0. The molecular weight excluding hydrogens is 518 g/mol. The molecule has 2 aromatic rings. The summed E-state index contributed by atoms with van der Waals surface area (Å²) in [6.45, 7) is 11.3. The van der Waals surface area contributed by atoms with Crippen molar-refractivity contribution < 1.29 is 24.2 Å². The van der Waals surface area contributed by atoms with E-state index < -0.39 is 29.6 Å². The van der Waals surface area contributed by atoms with E-state index in [1.165, 1.54) is 0 Å². The predicted octanol–water partition coefficient (Wildman–Crippen LogP) is 3.93. The molecule has 1 N–H and O–H groups in total. The van der Waals surface area contributed by atoms with Crippen molar-refractivity contribution in [1.82, 2.24) is 9.80 Å². The highest BCUT2D eigenvalue weighted by molar-refractivity contribution is 6.05. The van der Waals surface area contributed by atoms with Crippen molar-refractivity contribution in [3.63, 3.8) is 0 Å². The summed E-state index contributed by atoms with van der Waals surface area (Å²) < 4.78 is 6.64. The van der Waals surface area contributed by atoms with Gasteiger partial charge in [0, 0.05) is 38.5 Å². The standard InChI is InChI=1S/C33H41N3O5/c1-4-17-34(18-5-2)30(38)27-26-15-16-33(41-26)28(27)31(39)36(20-9-10-21-37)29(33)32(40)35(19-6-3)25-14-13-23-11-7-8-12-24(23)22-25/h4,6-8,11-14,22,26-29,37H,1,3,5,9-10,15-21H2,2H3/t26-,27+,28-,29?,33?/m0/s1. The second-order valence-corrected chi connectivity index (χ2v) is 11.4. The molecule has 5 atom stereocenters. The van der Waals surface area contributed by atoms with Gasteiger partial charge in [-0.3, -0.25) is 14.4 Å². The summed E-state index contributed by atoms with van der Waals surface area (Å²) in [6.07, 6.45) is 6.01. The summed E-state index contributed by atoms with van der Waals surface area (Å²) in [5.74, 6) is -1.88. The van der Waals surface area contributed by atoms with Crippen molar-refractivity contribution in [1.29, 1.82) is 0 Å². The Labute approximate surface area is 242 Å². The maximum Gasteiger partial charge on any atom is 0.253 e. The number of hydrogen-bond acceptors (Lipinski definition) is 5. The van der Waals surface area contributed by atoms with Gasteiger partial charge >= 0.3 is 0 Å². The lowest BCUT2D eigenvalue weighted by Crippen LogP contribution is -2.56. The minimum absolute atomic E-state index is 0.00209. The van der Waals surface area contributed by atoms with E-state index in [1.807, 2.05) is 49.4 Å². The number of aliphatic hydroxyl groups is 1. The highest BCUT2D eigenvalue weighted by atomic mass is 16.5. The van der Waals surface area contributed by atoms with Gasteiger partial charge in [-0.1, -0.05) is 49.4 Å². The number of aliphatic hydroxyl groups excluding tert-OH is 1. The van der Waals surface area contributed by atoms with Gasteiger partial charge in [-0.2, -0.15) is 0 Å². The predicted molar refractivity (Wildman–Crippen MR) is 159 cm³/mol. The normalized spacial score (nSPS) is 26.3. The number of hydrogen-bond donors (Lipinski definition) is 1. The topological polar surface area (TPSA) is 90.4 Å². The Morgan fingerprint density at radius 1 is 1.10 bits per heavy atom. The Morgan fingerprint density at radius 2 is 1.85 bits per heavy atom. The maximum absolute atomic E-state index is 14.6. The fourth-order valence-electron chi connectivity index (χ4n) is 7.22. The van der Waals surface area contributed by atoms with Gasteiger partial charge in [0.2, 0.25) is 11.8 Å². The summed E-state index contributed by atoms with van der Waals surface area (Å²) >= 11 is 0. The highest BCUT2D eigenvalue weighted by Crippen LogP contribution is 2.59. The third kappa shape index (κ3) is 4.97. The van der Waals surface area contributed by atoms with Crippen LogP contribution in [0.5, 0.6) is 0 Å². The van der Waals surface area contributed by atoms with Gasteiger partial charge in [0.05, 0.1) is 17.9 Å². The molecule has 5 rings (SSSR count). The van der Waals surface area contributed by atoms with Crippen LogP contribution in [0, 0.1) is 11.8 Å². The van der Waals surface area contributed by atoms with Gasteiger partial charge in [0.1, 0.15) is 11.6 Å². The van der Waals surface area contributed by atoms with Crippen molar-refractivity contribution >= 4 is 34.2 Å². The largest absolute Gasteiger partial charge is 0.396 e. The smallest absolute Gasteiger partial charge is 0.253 e. The van der Waals surface area contributed by atoms with Crippen LogP contribution < -0.4 is 4.90 Å². The van der Waals surface area contributed by atoms with E-state index in [1.54, 1.807) is 26.9 Å². The van der Waals surface area contributed by atoms with Gasteiger partial charge in [0.25, 0.3) is 5.91 Å². The number of amides is 3. The zero-order valence-corrected chi connectivity index (χ0v) is 23.9. The van der Waals surface area contributed by atoms with Crippen molar-refractivity contribution in [3.8, 4) is 0 Å². The third-order valence-corrected chi connectivity index (χ3v) is 8.90. The second-order valence-electron chi connectivity index (χ2n) is 11.4. The first-order valence-electron chi connectivity index (χ1n) is 14.8. The molecule has 3 amide bonds. The molecule has 2 bridgehead atoms. The van der Waals surface area contributed by atoms with E-state index in [2.05, 4.69) is 13.2 Å². The molecule has 218 valence electrons. The third-order valence-electron chi connectivity index (χ3n) is 8.90. The Kier molecular flexibility index (Phi) is 8.61. The van der Waals surface area contributed by atoms with Crippen molar-refractivity contribution in [2.24, 2.45) is 11.8 Å². The van der Waals surface area contributed by atoms with Crippen LogP contribution in [0.25, 0.3) is 10.8 Å². The van der Waals surface area contributed by atoms with E-state index in [-0.39, 0.29) is 30.9 Å². The molecule has 41 heavy (non-hydrogen) atoms. The Balaban J connectivity index is 1.54. The highest BCUT2D eigenvalue weighted by Gasteiger charge is 2.74. The molecule has 0 aromatic heterocycles. The average Bonchev–Trinajstić information content (AvgIpc) is 3.62. The Bertz CT molecular complexity index is 1330. The second kappa shape index (κ2) is 12.2. The van der Waals surface area contributed by atoms with Crippen LogP contribution in [0.3, 0.4) is 0 Å². The molecule has 0 radical (unpaired) electrons. The number of anilines is 1. The molecule has 0 aliphatic carbocycles. The van der Waals surface area contributed by atoms with E-state index in [4.69, 9.17) is 4.74 Å². The number of carbonyl (C=O) groups is 3. The number of fused-ring (bicyclic) bond motifs is 2. The molecule has 1 spiro atoms. The molecule has 3 fully saturated rings. The fraction of sp³-hybridized carbons (Fsp3) is 0.485. The molecule has 8 nitrogen and oxygen atoms in total. The summed E-state index contributed by atoms with van der Waals surface area (Å²) in [5, 5.41) is 11.5. The molecule has 3 aliphatic heterocycles. The van der Waals surface area contributed by atoms with Crippen LogP contribution in [0.4, 0.5) is 5.69 Å². The maximum atomic E-state index is 14.6. The van der Waals surface area contributed by atoms with Crippen LogP contribution in [-0.2, 0) is 19.1 Å². The average molecular weight is 560 g/mol. The lowest BCUT2D eigenvalue weighted by molar-refractivity contribution is -0.145. The van der Waals surface area contributed by atoms with Crippen LogP contribution in [0.2, 0.25) is 0 Å². The lowest BCUT2D eigenvalue weighted by atomic mass is 9.70. The summed E-state index contributed by atoms with van der Waals surface area (Å²) in [6, 6.07) is 13.0. The van der Waals surface area contributed by atoms with Crippen LogP contribution in [0.15, 0.2) is 67.8 Å². The number of benzene rings is 2. The Morgan fingerprint density at radius 3 is 2.56 bits per heavy atom. The van der Waals surface area contributed by atoms with E-state index in [9.17, 15) is 19.5 Å². The van der Waals surface area contributed by atoms with Crippen LogP contribution in [-0.4, -0.2) is 83.2 Å². The van der Waals surface area contributed by atoms with Crippen LogP contribution >= 0.6 is 0 Å². The molecule has 2 aromatic carbocycles. The zero-order valence-electron chi connectivity index (χ0n) is 23.9. The molecule has 3 aliphatic rings. The molecule has 3 saturated heterocycles. The molecular formula is C33H41N3O5. The SMILES string of the molecule is C=CCN(CCC)C(=O)[C@@H]1[C@@H]2CCC3(O2)C(C(=O)N(CC=C)c2ccc4ccccc4c2)N(CCCCO)C(=O)[C@H]13. The molecule has 0 saturated carbocycles. The van der Waals surface area contributed by atoms with Crippen molar-refractivity contribution in [3.05, 3.63) is 67.8 Å². The number of rotatable bonds is 13. The Hall–Kier alpha value is -3.49. The van der Waals surface area contributed by atoms with Gasteiger partial charge in [-0.25, -0.2) is 0 Å². The van der Waals surface area contributed by atoms with Gasteiger partial charge in [-0.15, -0.1) is 13.2 Å². The number of ether oxygens (including phenoxy) is 1. The number of likely N-dealkylation sites (tertiary alicyclic amines) is 1. The van der Waals surface area contributed by atoms with E-state index in [0.717, 1.165) is 22.9 Å². The number of carbonyl (C=O) groups excluding carboxylic acids is 3. The fourth-order valence-corrected chi connectivity index (χ4v) is 7.22. The first kappa shape index (κ1) is 29.0. The molecule has 2 unspecified atom stereocenters. The van der Waals surface area contributed by atoms with E-state index >= 15 is 0 Å². The van der Waals surface area contributed by atoms with Crippen LogP contribution in [0.1, 0.15) is 39.0 Å². The lowest BCUT2D eigenvalue weighted by Gasteiger charge is -2.37. The summed E-state index contributed by atoms with van der Waals surface area (Å²) in [5.41, 5.74) is -0.350. The minimum atomic E-state index is -1.07. The quantitative estimate of drug-likeness (QED) is 0.297. The summed E-state index contributed by atoms with van der Waals surface area (Å²) in [4.78, 5) is 47.9. The van der Waals surface area contributed by atoms with Crippen molar-refractivity contribution in [2.75, 3.05) is 37.7 Å². The van der Waals surface area contributed by atoms with Crippen molar-refractivity contribution in [2.45, 2.75) is 56.8 Å². The van der Waals surface area contributed by atoms with Gasteiger partial charge < -0.3 is 24.5 Å². The molecule has 8 heteroatoms. The van der Waals surface area contributed by atoms with E-state index in [0.29, 0.717) is 45.3 Å². The molecule has 3 heterocycles.